The first kappa shape index (κ1) is 8.75. The molecule has 2 rings (SSSR count). The SMILES string of the molecule is C/C=C/c1ccc2cccc(O)c2n1. The van der Waals surface area contributed by atoms with E-state index >= 15 is 0 Å². The summed E-state index contributed by atoms with van der Waals surface area (Å²) >= 11 is 0. The van der Waals surface area contributed by atoms with E-state index in [9.17, 15) is 5.11 Å². The first-order chi connectivity index (χ1) is 6.81. The highest BCUT2D eigenvalue weighted by Gasteiger charge is 1.99. The van der Waals surface area contributed by atoms with E-state index in [1.165, 1.54) is 0 Å². The van der Waals surface area contributed by atoms with Crippen molar-refractivity contribution in [3.63, 3.8) is 0 Å². The number of hydrogen-bond acceptors (Lipinski definition) is 2. The molecule has 0 atom stereocenters. The van der Waals surface area contributed by atoms with Gasteiger partial charge in [-0.2, -0.15) is 0 Å². The van der Waals surface area contributed by atoms with Crippen LogP contribution >= 0.6 is 0 Å². The molecule has 1 N–H and O–H groups in total. The van der Waals surface area contributed by atoms with Gasteiger partial charge in [-0.3, -0.25) is 0 Å². The number of aromatic nitrogens is 1. The zero-order valence-electron chi connectivity index (χ0n) is 7.94. The highest BCUT2D eigenvalue weighted by Crippen LogP contribution is 2.22. The Bertz CT molecular complexity index is 489. The molecule has 0 aliphatic rings. The number of fused-ring (bicyclic) bond motifs is 1. The predicted octanol–water partition coefficient (Wildman–Crippen LogP) is 2.97. The second kappa shape index (κ2) is 3.50. The van der Waals surface area contributed by atoms with Crippen molar-refractivity contribution in [2.24, 2.45) is 0 Å². The summed E-state index contributed by atoms with van der Waals surface area (Å²) in [6.07, 6.45) is 3.83. The summed E-state index contributed by atoms with van der Waals surface area (Å²) in [6.45, 7) is 1.94. The summed E-state index contributed by atoms with van der Waals surface area (Å²) in [6, 6.07) is 9.28. The maximum Gasteiger partial charge on any atom is 0.141 e. The van der Waals surface area contributed by atoms with Crippen LogP contribution in [0.25, 0.3) is 17.0 Å². The Morgan fingerprint density at radius 1 is 1.21 bits per heavy atom. The van der Waals surface area contributed by atoms with Crippen molar-refractivity contribution in [2.75, 3.05) is 0 Å². The first-order valence-electron chi connectivity index (χ1n) is 4.52. The van der Waals surface area contributed by atoms with Crippen LogP contribution in [-0.4, -0.2) is 10.1 Å². The van der Waals surface area contributed by atoms with Gasteiger partial charge in [-0.25, -0.2) is 4.98 Å². The van der Waals surface area contributed by atoms with Gasteiger partial charge >= 0.3 is 0 Å². The molecule has 0 radical (unpaired) electrons. The molecule has 1 heterocycles. The van der Waals surface area contributed by atoms with Crippen molar-refractivity contribution in [2.45, 2.75) is 6.92 Å². The van der Waals surface area contributed by atoms with Gasteiger partial charge in [0.2, 0.25) is 0 Å². The summed E-state index contributed by atoms with van der Waals surface area (Å²) in [7, 11) is 0. The number of phenols is 1. The molecule has 2 aromatic rings. The molecule has 0 amide bonds. The fourth-order valence-electron chi connectivity index (χ4n) is 1.41. The quantitative estimate of drug-likeness (QED) is 0.740. The van der Waals surface area contributed by atoms with Crippen molar-refractivity contribution in [3.8, 4) is 5.75 Å². The molecule has 2 heteroatoms. The Kier molecular flexibility index (Phi) is 2.19. The smallest absolute Gasteiger partial charge is 0.141 e. The molecular formula is C12H11NO. The first-order valence-corrected chi connectivity index (χ1v) is 4.52. The minimum absolute atomic E-state index is 0.230. The monoisotopic (exact) mass is 185 g/mol. The van der Waals surface area contributed by atoms with Gasteiger partial charge in [0, 0.05) is 5.39 Å². The predicted molar refractivity (Wildman–Crippen MR) is 58.1 cm³/mol. The van der Waals surface area contributed by atoms with E-state index in [2.05, 4.69) is 4.98 Å². The number of phenolic OH excluding ortho intramolecular Hbond substituents is 1. The summed E-state index contributed by atoms with van der Waals surface area (Å²) in [5.74, 6) is 0.230. The zero-order valence-corrected chi connectivity index (χ0v) is 7.94. The van der Waals surface area contributed by atoms with Gasteiger partial charge in [-0.05, 0) is 25.1 Å². The van der Waals surface area contributed by atoms with Crippen LogP contribution < -0.4 is 0 Å². The number of rotatable bonds is 1. The lowest BCUT2D eigenvalue weighted by molar-refractivity contribution is 0.480. The van der Waals surface area contributed by atoms with Gasteiger partial charge in [-0.15, -0.1) is 0 Å². The lowest BCUT2D eigenvalue weighted by atomic mass is 10.2. The molecule has 70 valence electrons. The van der Waals surface area contributed by atoms with Crippen LogP contribution in [0.5, 0.6) is 5.75 Å². The van der Waals surface area contributed by atoms with Crippen LogP contribution in [0.2, 0.25) is 0 Å². The molecule has 0 unspecified atom stereocenters. The number of aromatic hydroxyl groups is 1. The molecule has 0 aliphatic carbocycles. The van der Waals surface area contributed by atoms with E-state index < -0.39 is 0 Å². The highest BCUT2D eigenvalue weighted by molar-refractivity contribution is 5.84. The van der Waals surface area contributed by atoms with E-state index in [0.29, 0.717) is 5.52 Å². The van der Waals surface area contributed by atoms with Gasteiger partial charge in [0.15, 0.2) is 0 Å². The van der Waals surface area contributed by atoms with Crippen LogP contribution in [-0.2, 0) is 0 Å². The van der Waals surface area contributed by atoms with Gasteiger partial charge in [-0.1, -0.05) is 24.3 Å². The fraction of sp³-hybridized carbons (Fsp3) is 0.0833. The van der Waals surface area contributed by atoms with Crippen molar-refractivity contribution in [1.82, 2.24) is 4.98 Å². The van der Waals surface area contributed by atoms with Gasteiger partial charge in [0.1, 0.15) is 11.3 Å². The van der Waals surface area contributed by atoms with E-state index in [1.54, 1.807) is 6.07 Å². The number of benzene rings is 1. The number of hydrogen-bond donors (Lipinski definition) is 1. The molecule has 1 aromatic heterocycles. The van der Waals surface area contributed by atoms with Crippen molar-refractivity contribution in [1.29, 1.82) is 0 Å². The average molecular weight is 185 g/mol. The normalized spacial score (nSPS) is 11.2. The molecule has 0 bridgehead atoms. The van der Waals surface area contributed by atoms with Crippen LogP contribution in [0.4, 0.5) is 0 Å². The number of nitrogens with zero attached hydrogens (tertiary/aromatic N) is 1. The van der Waals surface area contributed by atoms with Crippen molar-refractivity contribution in [3.05, 3.63) is 42.1 Å². The third-order valence-corrected chi connectivity index (χ3v) is 2.06. The zero-order chi connectivity index (χ0) is 9.97. The minimum Gasteiger partial charge on any atom is -0.506 e. The largest absolute Gasteiger partial charge is 0.506 e. The molecule has 0 aliphatic heterocycles. The molecule has 1 aromatic carbocycles. The molecule has 0 fully saturated rings. The highest BCUT2D eigenvalue weighted by atomic mass is 16.3. The Balaban J connectivity index is 2.69. The van der Waals surface area contributed by atoms with Gasteiger partial charge < -0.3 is 5.11 Å². The van der Waals surface area contributed by atoms with Crippen LogP contribution in [0.1, 0.15) is 12.6 Å². The Morgan fingerprint density at radius 3 is 2.86 bits per heavy atom. The maximum atomic E-state index is 9.58. The summed E-state index contributed by atoms with van der Waals surface area (Å²) in [5, 5.41) is 10.5. The lowest BCUT2D eigenvalue weighted by Gasteiger charge is -2.00. The molecule has 0 saturated heterocycles. The molecular weight excluding hydrogens is 174 g/mol. The summed E-state index contributed by atoms with van der Waals surface area (Å²) < 4.78 is 0. The van der Waals surface area contributed by atoms with Gasteiger partial charge in [0.05, 0.1) is 5.69 Å². The van der Waals surface area contributed by atoms with Crippen molar-refractivity contribution < 1.29 is 5.11 Å². The number of pyridine rings is 1. The van der Waals surface area contributed by atoms with Crippen molar-refractivity contribution >= 4 is 17.0 Å². The topological polar surface area (TPSA) is 33.1 Å². The third-order valence-electron chi connectivity index (χ3n) is 2.06. The molecule has 2 nitrogen and oxygen atoms in total. The Hall–Kier alpha value is -1.83. The third kappa shape index (κ3) is 1.46. The van der Waals surface area contributed by atoms with Crippen LogP contribution in [0.3, 0.4) is 0 Å². The number of allylic oxidation sites excluding steroid dienone is 1. The number of para-hydroxylation sites is 1. The van der Waals surface area contributed by atoms with E-state index in [1.807, 2.05) is 43.3 Å². The van der Waals surface area contributed by atoms with Crippen LogP contribution in [0.15, 0.2) is 36.4 Å². The second-order valence-electron chi connectivity index (χ2n) is 3.08. The van der Waals surface area contributed by atoms with Crippen LogP contribution in [0, 0.1) is 0 Å². The molecule has 14 heavy (non-hydrogen) atoms. The molecule has 0 spiro atoms. The van der Waals surface area contributed by atoms with E-state index in [0.717, 1.165) is 11.1 Å². The lowest BCUT2D eigenvalue weighted by Crippen LogP contribution is -1.83. The van der Waals surface area contributed by atoms with E-state index in [4.69, 9.17) is 0 Å². The Labute approximate surface area is 82.5 Å². The fourth-order valence-corrected chi connectivity index (χ4v) is 1.41. The van der Waals surface area contributed by atoms with E-state index in [-0.39, 0.29) is 5.75 Å². The Morgan fingerprint density at radius 2 is 2.07 bits per heavy atom. The standard InChI is InChI=1S/C12H11NO/c1-2-4-10-8-7-9-5-3-6-11(14)12(9)13-10/h2-8,14H,1H3/b4-2+. The average Bonchev–Trinajstić information content (AvgIpc) is 2.20. The summed E-state index contributed by atoms with van der Waals surface area (Å²) in [5.41, 5.74) is 1.52. The maximum absolute atomic E-state index is 9.58. The minimum atomic E-state index is 0.230. The van der Waals surface area contributed by atoms with Gasteiger partial charge in [0.25, 0.3) is 0 Å². The molecule has 0 saturated carbocycles. The summed E-state index contributed by atoms with van der Waals surface area (Å²) in [4.78, 5) is 4.33. The second-order valence-corrected chi connectivity index (χ2v) is 3.08.